The Morgan fingerprint density at radius 1 is 1.13 bits per heavy atom. The van der Waals surface area contributed by atoms with E-state index in [-0.39, 0.29) is 6.04 Å². The molecule has 0 saturated heterocycles. The van der Waals surface area contributed by atoms with Crippen LogP contribution in [0.3, 0.4) is 0 Å². The summed E-state index contributed by atoms with van der Waals surface area (Å²) >= 11 is 5.23. The number of rotatable bonds is 8. The summed E-state index contributed by atoms with van der Waals surface area (Å²) in [4.78, 5) is 0. The molecule has 7 nitrogen and oxygen atoms in total. The highest BCUT2D eigenvalue weighted by Crippen LogP contribution is 2.30. The molecule has 0 amide bonds. The molecule has 0 spiro atoms. The smallest absolute Gasteiger partial charge is 0.231 e. The molecule has 0 fully saturated rings. The van der Waals surface area contributed by atoms with Crippen LogP contribution in [-0.2, 0) is 0 Å². The zero-order chi connectivity index (χ0) is 22.2. The Labute approximate surface area is 188 Å². The lowest BCUT2D eigenvalue weighted by molar-refractivity contribution is 0.339. The van der Waals surface area contributed by atoms with Gasteiger partial charge in [0.2, 0.25) is 5.88 Å². The Morgan fingerprint density at radius 3 is 2.45 bits per heavy atom. The van der Waals surface area contributed by atoms with Crippen LogP contribution in [0, 0.1) is 6.92 Å². The molecule has 1 heterocycles. The summed E-state index contributed by atoms with van der Waals surface area (Å²) in [5.41, 5.74) is 5.24. The van der Waals surface area contributed by atoms with Crippen LogP contribution in [0.1, 0.15) is 32.0 Å². The molecule has 0 aliphatic carbocycles. The molecule has 8 heteroatoms. The van der Waals surface area contributed by atoms with E-state index in [0.717, 1.165) is 22.7 Å². The van der Waals surface area contributed by atoms with Gasteiger partial charge in [0.25, 0.3) is 0 Å². The average Bonchev–Trinajstić information content (AvgIpc) is 3.05. The molecule has 31 heavy (non-hydrogen) atoms. The first-order chi connectivity index (χ1) is 15.0. The first-order valence-corrected chi connectivity index (χ1v) is 10.5. The minimum Gasteiger partial charge on any atom is -0.494 e. The molecule has 162 valence electrons. The average molecular weight is 438 g/mol. The maximum absolute atomic E-state index is 6.25. The van der Waals surface area contributed by atoms with Crippen LogP contribution in [0.2, 0.25) is 0 Å². The van der Waals surface area contributed by atoms with Gasteiger partial charge < -0.3 is 14.8 Å². The molecule has 3 rings (SSSR count). The SMILES string of the molecule is CCOc1ccc(Oc2c(C=NNC(=S)NC(C)C)c(C)nn2-c2ccccc2)cc1. The van der Waals surface area contributed by atoms with E-state index in [0.29, 0.717) is 23.3 Å². The second-order valence-electron chi connectivity index (χ2n) is 7.06. The molecule has 0 bridgehead atoms. The van der Waals surface area contributed by atoms with Gasteiger partial charge in [-0.05, 0) is 76.3 Å². The van der Waals surface area contributed by atoms with Crippen molar-refractivity contribution in [2.24, 2.45) is 5.10 Å². The molecular weight excluding hydrogens is 410 g/mol. The third kappa shape index (κ3) is 6.05. The monoisotopic (exact) mass is 437 g/mol. The fraction of sp³-hybridized carbons (Fsp3) is 0.261. The van der Waals surface area contributed by atoms with Crippen molar-refractivity contribution in [2.75, 3.05) is 6.61 Å². The number of aryl methyl sites for hydroxylation is 1. The number of thiocarbonyl (C=S) groups is 1. The molecule has 0 aliphatic rings. The van der Waals surface area contributed by atoms with E-state index in [4.69, 9.17) is 21.7 Å². The van der Waals surface area contributed by atoms with Crippen LogP contribution in [0.25, 0.3) is 5.69 Å². The van der Waals surface area contributed by atoms with Gasteiger partial charge in [-0.15, -0.1) is 0 Å². The van der Waals surface area contributed by atoms with Crippen molar-refractivity contribution in [1.29, 1.82) is 0 Å². The summed E-state index contributed by atoms with van der Waals surface area (Å²) in [7, 11) is 0. The van der Waals surface area contributed by atoms with Gasteiger partial charge in [0.15, 0.2) is 5.11 Å². The molecule has 1 aromatic heterocycles. The van der Waals surface area contributed by atoms with Gasteiger partial charge in [0.1, 0.15) is 11.5 Å². The Kier molecular flexibility index (Phi) is 7.61. The number of benzene rings is 2. The van der Waals surface area contributed by atoms with Crippen molar-refractivity contribution < 1.29 is 9.47 Å². The topological polar surface area (TPSA) is 72.7 Å². The van der Waals surface area contributed by atoms with Crippen molar-refractivity contribution >= 4 is 23.5 Å². The molecule has 2 aromatic carbocycles. The standard InChI is InChI=1S/C23H27N5O2S/c1-5-29-19-11-13-20(14-12-19)30-22-21(15-24-26-23(31)25-16(2)3)17(4)27-28(22)18-9-7-6-8-10-18/h6-16H,5H2,1-4H3,(H2,25,26,31). The first kappa shape index (κ1) is 22.3. The number of para-hydroxylation sites is 1. The maximum Gasteiger partial charge on any atom is 0.231 e. The van der Waals surface area contributed by atoms with E-state index in [1.165, 1.54) is 0 Å². The molecule has 2 N–H and O–H groups in total. The number of hydrogen-bond donors (Lipinski definition) is 2. The summed E-state index contributed by atoms with van der Waals surface area (Å²) in [6, 6.07) is 17.5. The van der Waals surface area contributed by atoms with Gasteiger partial charge in [0.05, 0.1) is 29.8 Å². The molecule has 0 saturated carbocycles. The Morgan fingerprint density at radius 2 is 1.81 bits per heavy atom. The van der Waals surface area contributed by atoms with E-state index in [2.05, 4.69) is 20.9 Å². The van der Waals surface area contributed by atoms with Crippen LogP contribution < -0.4 is 20.2 Å². The zero-order valence-corrected chi connectivity index (χ0v) is 18.9. The summed E-state index contributed by atoms with van der Waals surface area (Å²) < 4.78 is 13.5. The number of hydrogen-bond acceptors (Lipinski definition) is 5. The highest BCUT2D eigenvalue weighted by atomic mass is 32.1. The summed E-state index contributed by atoms with van der Waals surface area (Å²) in [6.07, 6.45) is 1.67. The predicted octanol–water partition coefficient (Wildman–Crippen LogP) is 4.58. The van der Waals surface area contributed by atoms with Crippen LogP contribution in [0.4, 0.5) is 0 Å². The van der Waals surface area contributed by atoms with Crippen LogP contribution in [0.15, 0.2) is 59.7 Å². The minimum atomic E-state index is 0.219. The van der Waals surface area contributed by atoms with Crippen molar-refractivity contribution in [1.82, 2.24) is 20.5 Å². The van der Waals surface area contributed by atoms with E-state index >= 15 is 0 Å². The minimum absolute atomic E-state index is 0.219. The summed E-state index contributed by atoms with van der Waals surface area (Å²) in [5, 5.41) is 12.5. The van der Waals surface area contributed by atoms with Crippen LogP contribution in [0.5, 0.6) is 17.4 Å². The molecular formula is C23H27N5O2S. The highest BCUT2D eigenvalue weighted by molar-refractivity contribution is 7.80. The van der Waals surface area contributed by atoms with Gasteiger partial charge in [-0.25, -0.2) is 0 Å². The molecule has 0 radical (unpaired) electrons. The van der Waals surface area contributed by atoms with Gasteiger partial charge in [-0.1, -0.05) is 18.2 Å². The molecule has 0 atom stereocenters. The third-order valence-corrected chi connectivity index (χ3v) is 4.40. The quantitative estimate of drug-likeness (QED) is 0.305. The number of aromatic nitrogens is 2. The number of nitrogens with one attached hydrogen (secondary N) is 2. The van der Waals surface area contributed by atoms with Crippen LogP contribution in [-0.4, -0.2) is 33.8 Å². The zero-order valence-electron chi connectivity index (χ0n) is 18.1. The van der Waals surface area contributed by atoms with E-state index in [9.17, 15) is 0 Å². The fourth-order valence-corrected chi connectivity index (χ4v) is 3.13. The maximum atomic E-state index is 6.25. The third-order valence-electron chi connectivity index (χ3n) is 4.19. The molecule has 0 unspecified atom stereocenters. The van der Waals surface area contributed by atoms with Crippen molar-refractivity contribution in [3.63, 3.8) is 0 Å². The van der Waals surface area contributed by atoms with E-state index in [1.54, 1.807) is 10.9 Å². The van der Waals surface area contributed by atoms with E-state index < -0.39 is 0 Å². The predicted molar refractivity (Wildman–Crippen MR) is 128 cm³/mol. The lowest BCUT2D eigenvalue weighted by Gasteiger charge is -2.11. The van der Waals surface area contributed by atoms with Crippen molar-refractivity contribution in [2.45, 2.75) is 33.7 Å². The normalized spacial score (nSPS) is 11.0. The van der Waals surface area contributed by atoms with Gasteiger partial charge in [-0.2, -0.15) is 14.9 Å². The van der Waals surface area contributed by atoms with Gasteiger partial charge in [-0.3, -0.25) is 5.43 Å². The number of nitrogens with zero attached hydrogens (tertiary/aromatic N) is 3. The van der Waals surface area contributed by atoms with Crippen LogP contribution >= 0.6 is 12.2 Å². The number of ether oxygens (including phenoxy) is 2. The largest absolute Gasteiger partial charge is 0.494 e. The Hall–Kier alpha value is -3.39. The highest BCUT2D eigenvalue weighted by Gasteiger charge is 2.18. The second-order valence-corrected chi connectivity index (χ2v) is 7.46. The lowest BCUT2D eigenvalue weighted by Crippen LogP contribution is -2.36. The molecule has 3 aromatic rings. The Balaban J connectivity index is 1.92. The lowest BCUT2D eigenvalue weighted by atomic mass is 10.2. The summed E-state index contributed by atoms with van der Waals surface area (Å²) in [5.74, 6) is 2.01. The second kappa shape index (κ2) is 10.6. The fourth-order valence-electron chi connectivity index (χ4n) is 2.84. The Bertz CT molecular complexity index is 1030. The van der Waals surface area contributed by atoms with Gasteiger partial charge >= 0.3 is 0 Å². The number of hydrazone groups is 1. The van der Waals surface area contributed by atoms with Crippen molar-refractivity contribution in [3.8, 4) is 23.1 Å². The van der Waals surface area contributed by atoms with Gasteiger partial charge in [0, 0.05) is 6.04 Å². The molecule has 0 aliphatic heterocycles. The van der Waals surface area contributed by atoms with Crippen molar-refractivity contribution in [3.05, 3.63) is 65.9 Å². The first-order valence-electron chi connectivity index (χ1n) is 10.1. The summed E-state index contributed by atoms with van der Waals surface area (Å²) in [6.45, 7) is 8.49. The van der Waals surface area contributed by atoms with E-state index in [1.807, 2.05) is 82.3 Å².